The lowest BCUT2D eigenvalue weighted by molar-refractivity contribution is -0.131. The van der Waals surface area contributed by atoms with E-state index in [4.69, 9.17) is 5.73 Å². The largest absolute Gasteiger partial charge is 0.371 e. The summed E-state index contributed by atoms with van der Waals surface area (Å²) in [5.74, 6) is -0.0174. The summed E-state index contributed by atoms with van der Waals surface area (Å²) in [4.78, 5) is 16.0. The minimum Gasteiger partial charge on any atom is -0.371 e. The van der Waals surface area contributed by atoms with Crippen LogP contribution in [0.4, 0.5) is 5.69 Å². The number of hydrogen-bond donors (Lipinski definition) is 1. The normalized spacial score (nSPS) is 16.5. The molecule has 2 rings (SSSR count). The molecule has 0 bridgehead atoms. The summed E-state index contributed by atoms with van der Waals surface area (Å²) >= 11 is 0. The molecule has 1 atom stereocenters. The highest BCUT2D eigenvalue weighted by Gasteiger charge is 2.18. The Balaban J connectivity index is 2.13. The topological polar surface area (TPSA) is 49.6 Å². The number of benzene rings is 1. The predicted molar refractivity (Wildman–Crippen MR) is 78.0 cm³/mol. The van der Waals surface area contributed by atoms with Gasteiger partial charge < -0.3 is 15.5 Å². The molecule has 1 fully saturated rings. The van der Waals surface area contributed by atoms with E-state index < -0.39 is 6.04 Å². The lowest BCUT2D eigenvalue weighted by Gasteiger charge is -2.25. The van der Waals surface area contributed by atoms with Crippen LogP contribution < -0.4 is 10.6 Å². The number of para-hydroxylation sites is 1. The second-order valence-corrected chi connectivity index (χ2v) is 5.31. The number of nitrogens with zero attached hydrogens (tertiary/aromatic N) is 2. The van der Waals surface area contributed by atoms with Gasteiger partial charge in [0.2, 0.25) is 5.91 Å². The van der Waals surface area contributed by atoms with E-state index in [0.717, 1.165) is 13.1 Å². The van der Waals surface area contributed by atoms with Gasteiger partial charge in [0.15, 0.2) is 0 Å². The van der Waals surface area contributed by atoms with Crippen LogP contribution in [-0.4, -0.2) is 37.0 Å². The van der Waals surface area contributed by atoms with Crippen LogP contribution in [0, 0.1) is 0 Å². The molecule has 1 amide bonds. The number of nitrogens with two attached hydrogens (primary N) is 1. The van der Waals surface area contributed by atoms with E-state index in [0.29, 0.717) is 6.54 Å². The van der Waals surface area contributed by atoms with Gasteiger partial charge in [0.1, 0.15) is 0 Å². The zero-order chi connectivity index (χ0) is 13.8. The fraction of sp³-hybridized carbons (Fsp3) is 0.533. The molecule has 1 aliphatic heterocycles. The third-order valence-corrected chi connectivity index (χ3v) is 3.61. The van der Waals surface area contributed by atoms with E-state index >= 15 is 0 Å². The molecule has 4 heteroatoms. The number of likely N-dealkylation sites (N-methyl/N-ethyl adjacent to an activating group) is 1. The molecule has 1 saturated heterocycles. The summed E-state index contributed by atoms with van der Waals surface area (Å²) < 4.78 is 0. The standard InChI is InChI=1S/C15H23N3O/c1-12(16)15(19)17(2)11-13-7-3-4-8-14(13)18-9-5-6-10-18/h3-4,7-8,12H,5-6,9-11,16H2,1-2H3/t12-/m1/s1. The number of anilines is 1. The number of hydrogen-bond acceptors (Lipinski definition) is 3. The quantitative estimate of drug-likeness (QED) is 0.895. The van der Waals surface area contributed by atoms with Crippen molar-refractivity contribution in [3.63, 3.8) is 0 Å². The van der Waals surface area contributed by atoms with E-state index in [9.17, 15) is 4.79 Å². The summed E-state index contributed by atoms with van der Waals surface area (Å²) in [6, 6.07) is 7.89. The highest BCUT2D eigenvalue weighted by atomic mass is 16.2. The van der Waals surface area contributed by atoms with Crippen molar-refractivity contribution in [1.29, 1.82) is 0 Å². The van der Waals surface area contributed by atoms with Gasteiger partial charge in [-0.15, -0.1) is 0 Å². The van der Waals surface area contributed by atoms with Gasteiger partial charge in [-0.2, -0.15) is 0 Å². The molecule has 0 saturated carbocycles. The van der Waals surface area contributed by atoms with Crippen LogP contribution in [-0.2, 0) is 11.3 Å². The highest BCUT2D eigenvalue weighted by Crippen LogP contribution is 2.25. The Labute approximate surface area is 115 Å². The molecule has 2 N–H and O–H groups in total. The second kappa shape index (κ2) is 6.06. The summed E-state index contributed by atoms with van der Waals surface area (Å²) in [7, 11) is 1.81. The molecule has 19 heavy (non-hydrogen) atoms. The molecular weight excluding hydrogens is 238 g/mol. The number of amides is 1. The minimum atomic E-state index is -0.441. The molecule has 104 valence electrons. The maximum Gasteiger partial charge on any atom is 0.239 e. The zero-order valence-corrected chi connectivity index (χ0v) is 11.8. The Morgan fingerprint density at radius 1 is 1.37 bits per heavy atom. The van der Waals surface area contributed by atoms with E-state index in [1.165, 1.54) is 24.1 Å². The zero-order valence-electron chi connectivity index (χ0n) is 11.8. The van der Waals surface area contributed by atoms with Crippen molar-refractivity contribution in [2.75, 3.05) is 25.0 Å². The van der Waals surface area contributed by atoms with Crippen LogP contribution in [0.1, 0.15) is 25.3 Å². The van der Waals surface area contributed by atoms with Crippen molar-refractivity contribution in [1.82, 2.24) is 4.90 Å². The third kappa shape index (κ3) is 3.26. The van der Waals surface area contributed by atoms with Crippen LogP contribution in [0.15, 0.2) is 24.3 Å². The Morgan fingerprint density at radius 3 is 2.63 bits per heavy atom. The van der Waals surface area contributed by atoms with Crippen LogP contribution in [0.5, 0.6) is 0 Å². The van der Waals surface area contributed by atoms with Crippen molar-refractivity contribution in [2.24, 2.45) is 5.73 Å². The average Bonchev–Trinajstić information content (AvgIpc) is 2.92. The monoisotopic (exact) mass is 261 g/mol. The Bertz CT molecular complexity index is 439. The Morgan fingerprint density at radius 2 is 2.00 bits per heavy atom. The smallest absolute Gasteiger partial charge is 0.239 e. The summed E-state index contributed by atoms with van der Waals surface area (Å²) in [6.45, 7) is 4.57. The molecule has 0 spiro atoms. The van der Waals surface area contributed by atoms with Gasteiger partial charge in [-0.1, -0.05) is 18.2 Å². The summed E-state index contributed by atoms with van der Waals surface area (Å²) in [5.41, 5.74) is 8.10. The fourth-order valence-corrected chi connectivity index (χ4v) is 2.59. The van der Waals surface area contributed by atoms with E-state index in [2.05, 4.69) is 23.1 Å². The van der Waals surface area contributed by atoms with Crippen LogP contribution in [0.2, 0.25) is 0 Å². The van der Waals surface area contributed by atoms with E-state index in [1.54, 1.807) is 11.8 Å². The van der Waals surface area contributed by atoms with Gasteiger partial charge in [-0.05, 0) is 31.4 Å². The van der Waals surface area contributed by atoms with E-state index in [1.807, 2.05) is 13.1 Å². The Kier molecular flexibility index (Phi) is 4.43. The molecular formula is C15H23N3O. The van der Waals surface area contributed by atoms with Gasteiger partial charge in [-0.3, -0.25) is 4.79 Å². The molecule has 0 aliphatic carbocycles. The molecule has 1 aromatic rings. The van der Waals surface area contributed by atoms with Crippen LogP contribution in [0.3, 0.4) is 0 Å². The summed E-state index contributed by atoms with van der Waals surface area (Å²) in [6.07, 6.45) is 2.51. The van der Waals surface area contributed by atoms with Gasteiger partial charge in [0, 0.05) is 32.4 Å². The van der Waals surface area contributed by atoms with Crippen molar-refractivity contribution in [2.45, 2.75) is 32.4 Å². The van der Waals surface area contributed by atoms with E-state index in [-0.39, 0.29) is 5.91 Å². The number of rotatable bonds is 4. The molecule has 1 aromatic carbocycles. The van der Waals surface area contributed by atoms with Gasteiger partial charge in [-0.25, -0.2) is 0 Å². The second-order valence-electron chi connectivity index (χ2n) is 5.31. The first kappa shape index (κ1) is 13.9. The SMILES string of the molecule is C[C@@H](N)C(=O)N(C)Cc1ccccc1N1CCCC1. The maximum atomic E-state index is 11.9. The van der Waals surface area contributed by atoms with Crippen LogP contribution in [0.25, 0.3) is 0 Å². The van der Waals surface area contributed by atoms with Gasteiger partial charge in [0.05, 0.1) is 6.04 Å². The molecule has 1 heterocycles. The van der Waals surface area contributed by atoms with Crippen molar-refractivity contribution in [3.8, 4) is 0 Å². The lowest BCUT2D eigenvalue weighted by Crippen LogP contribution is -2.39. The van der Waals surface area contributed by atoms with Crippen molar-refractivity contribution >= 4 is 11.6 Å². The predicted octanol–water partition coefficient (Wildman–Crippen LogP) is 1.59. The Hall–Kier alpha value is -1.55. The number of carbonyl (C=O) groups is 1. The fourth-order valence-electron chi connectivity index (χ4n) is 2.59. The maximum absolute atomic E-state index is 11.9. The third-order valence-electron chi connectivity index (χ3n) is 3.61. The molecule has 0 aromatic heterocycles. The van der Waals surface area contributed by atoms with Gasteiger partial charge >= 0.3 is 0 Å². The lowest BCUT2D eigenvalue weighted by atomic mass is 10.1. The minimum absolute atomic E-state index is 0.0174. The average molecular weight is 261 g/mol. The number of carbonyl (C=O) groups excluding carboxylic acids is 1. The van der Waals surface area contributed by atoms with Crippen molar-refractivity contribution < 1.29 is 4.79 Å². The first-order valence-electron chi connectivity index (χ1n) is 6.93. The van der Waals surface area contributed by atoms with Gasteiger partial charge in [0.25, 0.3) is 0 Å². The molecule has 1 aliphatic rings. The molecule has 4 nitrogen and oxygen atoms in total. The van der Waals surface area contributed by atoms with Crippen LogP contribution >= 0.6 is 0 Å². The van der Waals surface area contributed by atoms with Crippen molar-refractivity contribution in [3.05, 3.63) is 29.8 Å². The molecule has 0 unspecified atom stereocenters. The first-order valence-corrected chi connectivity index (χ1v) is 6.93. The summed E-state index contributed by atoms with van der Waals surface area (Å²) in [5, 5.41) is 0. The first-order chi connectivity index (χ1) is 9.09. The highest BCUT2D eigenvalue weighted by molar-refractivity contribution is 5.81. The molecule has 0 radical (unpaired) electrons.